The van der Waals surface area contributed by atoms with Crippen LogP contribution in [0.15, 0.2) is 43.0 Å². The van der Waals surface area contributed by atoms with Crippen LogP contribution in [0.2, 0.25) is 0 Å². The molecule has 2 aromatic heterocycles. The lowest BCUT2D eigenvalue weighted by Crippen LogP contribution is -1.91. The highest BCUT2D eigenvalue weighted by molar-refractivity contribution is 5.77. The van der Waals surface area contributed by atoms with Gasteiger partial charge in [-0.1, -0.05) is 29.8 Å². The van der Waals surface area contributed by atoms with Crippen molar-refractivity contribution in [3.63, 3.8) is 0 Å². The van der Waals surface area contributed by atoms with Gasteiger partial charge in [0.25, 0.3) is 0 Å². The molecule has 4 heteroatoms. The molecule has 0 atom stereocenters. The van der Waals surface area contributed by atoms with Gasteiger partial charge >= 0.3 is 0 Å². The van der Waals surface area contributed by atoms with E-state index in [0.29, 0.717) is 0 Å². The van der Waals surface area contributed by atoms with Gasteiger partial charge in [-0.25, -0.2) is 15.0 Å². The number of nitrogens with one attached hydrogen (secondary N) is 1. The third kappa shape index (κ3) is 1.88. The first-order valence-electron chi connectivity index (χ1n) is 5.63. The fourth-order valence-corrected chi connectivity index (χ4v) is 1.83. The minimum atomic E-state index is 0.856. The number of rotatable bonds is 2. The highest BCUT2D eigenvalue weighted by Crippen LogP contribution is 2.27. The van der Waals surface area contributed by atoms with E-state index in [9.17, 15) is 0 Å². The van der Waals surface area contributed by atoms with Crippen LogP contribution in [-0.2, 0) is 0 Å². The quantitative estimate of drug-likeness (QED) is 0.742. The molecule has 0 bridgehead atoms. The topological polar surface area (TPSA) is 54.5 Å². The van der Waals surface area contributed by atoms with Crippen molar-refractivity contribution >= 4 is 0 Å². The van der Waals surface area contributed by atoms with Crippen LogP contribution in [0, 0.1) is 13.3 Å². The molecule has 1 radical (unpaired) electrons. The summed E-state index contributed by atoms with van der Waals surface area (Å²) >= 11 is 0. The molecule has 0 unspecified atom stereocenters. The van der Waals surface area contributed by atoms with E-state index in [-0.39, 0.29) is 0 Å². The first-order chi connectivity index (χ1) is 8.84. The van der Waals surface area contributed by atoms with Crippen molar-refractivity contribution in [3.8, 4) is 22.5 Å². The molecule has 0 saturated carbocycles. The maximum atomic E-state index is 4.25. The molecule has 0 aliphatic heterocycles. The molecule has 18 heavy (non-hydrogen) atoms. The van der Waals surface area contributed by atoms with E-state index in [1.165, 1.54) is 5.56 Å². The smallest absolute Gasteiger partial charge is 0.198 e. The highest BCUT2D eigenvalue weighted by atomic mass is 14.9. The molecule has 1 aromatic carbocycles. The summed E-state index contributed by atoms with van der Waals surface area (Å²) < 4.78 is 0. The molecule has 0 saturated heterocycles. The van der Waals surface area contributed by atoms with Crippen LogP contribution < -0.4 is 0 Å². The monoisotopic (exact) mass is 235 g/mol. The van der Waals surface area contributed by atoms with E-state index in [2.05, 4.69) is 45.3 Å². The third-order valence-electron chi connectivity index (χ3n) is 2.78. The molecule has 2 heterocycles. The zero-order valence-electron chi connectivity index (χ0n) is 9.88. The van der Waals surface area contributed by atoms with Crippen molar-refractivity contribution in [3.05, 3.63) is 54.9 Å². The van der Waals surface area contributed by atoms with Crippen LogP contribution in [-0.4, -0.2) is 19.9 Å². The van der Waals surface area contributed by atoms with Gasteiger partial charge in [-0.3, -0.25) is 0 Å². The second-order valence-corrected chi connectivity index (χ2v) is 4.06. The fourth-order valence-electron chi connectivity index (χ4n) is 1.83. The van der Waals surface area contributed by atoms with Crippen LogP contribution in [0.1, 0.15) is 5.56 Å². The molecule has 3 rings (SSSR count). The standard InChI is InChI=1S/C14H11N4/c1-10-2-4-11(5-3-10)14-12(6-15-9-18-14)13-7-16-8-17-13/h2-8H,1H3,(H,16,17). The van der Waals surface area contributed by atoms with Crippen molar-refractivity contribution in [2.24, 2.45) is 0 Å². The molecule has 4 nitrogen and oxygen atoms in total. The lowest BCUT2D eigenvalue weighted by molar-refractivity contribution is 1.15. The summed E-state index contributed by atoms with van der Waals surface area (Å²) in [5.41, 5.74) is 4.95. The summed E-state index contributed by atoms with van der Waals surface area (Å²) in [6.45, 7) is 2.06. The summed E-state index contributed by atoms with van der Waals surface area (Å²) in [6.07, 6.45) is 7.79. The Kier molecular flexibility index (Phi) is 2.61. The normalized spacial score (nSPS) is 10.5. The van der Waals surface area contributed by atoms with Gasteiger partial charge in [-0.15, -0.1) is 0 Å². The maximum absolute atomic E-state index is 4.25. The zero-order valence-corrected chi connectivity index (χ0v) is 9.88. The molecule has 1 N–H and O–H groups in total. The molecular weight excluding hydrogens is 224 g/mol. The van der Waals surface area contributed by atoms with Crippen LogP contribution in [0.25, 0.3) is 22.5 Å². The van der Waals surface area contributed by atoms with Crippen molar-refractivity contribution in [2.75, 3.05) is 0 Å². The number of imidazole rings is 1. The number of hydrogen-bond donors (Lipinski definition) is 1. The number of nitrogens with zero attached hydrogens (tertiary/aromatic N) is 3. The van der Waals surface area contributed by atoms with Crippen LogP contribution in [0.5, 0.6) is 0 Å². The fraction of sp³-hybridized carbons (Fsp3) is 0.0714. The molecule has 3 aromatic rings. The van der Waals surface area contributed by atoms with Gasteiger partial charge in [0.1, 0.15) is 0 Å². The predicted molar refractivity (Wildman–Crippen MR) is 68.6 cm³/mol. The second-order valence-electron chi connectivity index (χ2n) is 4.06. The minimum Gasteiger partial charge on any atom is -0.345 e. The number of aromatic amines is 1. The summed E-state index contributed by atoms with van der Waals surface area (Å²) in [6, 6.07) is 8.22. The number of aryl methyl sites for hydroxylation is 1. The molecule has 0 amide bonds. The zero-order chi connectivity index (χ0) is 12.4. The SMILES string of the molecule is Cc1ccc(-c2n[c]ncc2-c2cnc[nH]2)cc1. The Morgan fingerprint density at radius 3 is 2.67 bits per heavy atom. The lowest BCUT2D eigenvalue weighted by Gasteiger charge is -2.06. The summed E-state index contributed by atoms with van der Waals surface area (Å²) in [5, 5.41) is 0. The van der Waals surface area contributed by atoms with E-state index < -0.39 is 0 Å². The molecule has 0 fully saturated rings. The molecular formula is C14H11N4. The summed E-state index contributed by atoms with van der Waals surface area (Å²) in [4.78, 5) is 15.3. The van der Waals surface area contributed by atoms with Gasteiger partial charge in [0.05, 0.1) is 23.9 Å². The number of hydrogen-bond acceptors (Lipinski definition) is 3. The van der Waals surface area contributed by atoms with Gasteiger partial charge in [-0.2, -0.15) is 0 Å². The highest BCUT2D eigenvalue weighted by Gasteiger charge is 2.09. The van der Waals surface area contributed by atoms with Crippen molar-refractivity contribution in [1.29, 1.82) is 0 Å². The van der Waals surface area contributed by atoms with Crippen molar-refractivity contribution < 1.29 is 0 Å². The van der Waals surface area contributed by atoms with E-state index in [4.69, 9.17) is 0 Å². The third-order valence-corrected chi connectivity index (χ3v) is 2.78. The van der Waals surface area contributed by atoms with Crippen LogP contribution >= 0.6 is 0 Å². The number of H-pyrrole nitrogens is 1. The lowest BCUT2D eigenvalue weighted by atomic mass is 10.0. The maximum Gasteiger partial charge on any atom is 0.198 e. The van der Waals surface area contributed by atoms with Gasteiger partial charge in [0, 0.05) is 17.3 Å². The van der Waals surface area contributed by atoms with E-state index >= 15 is 0 Å². The van der Waals surface area contributed by atoms with Crippen molar-refractivity contribution in [1.82, 2.24) is 19.9 Å². The average molecular weight is 235 g/mol. The summed E-state index contributed by atoms with van der Waals surface area (Å²) in [5.74, 6) is 0. The average Bonchev–Trinajstić information content (AvgIpc) is 2.93. The van der Waals surface area contributed by atoms with Gasteiger partial charge < -0.3 is 4.98 Å². The molecule has 0 aliphatic rings. The first kappa shape index (κ1) is 10.7. The Morgan fingerprint density at radius 1 is 1.11 bits per heavy atom. The Labute approximate surface area is 105 Å². The van der Waals surface area contributed by atoms with Crippen LogP contribution in [0.3, 0.4) is 0 Å². The largest absolute Gasteiger partial charge is 0.345 e. The Hall–Kier alpha value is -2.49. The number of benzene rings is 1. The van der Waals surface area contributed by atoms with Crippen molar-refractivity contribution in [2.45, 2.75) is 6.92 Å². The number of aromatic nitrogens is 4. The predicted octanol–water partition coefficient (Wildman–Crippen LogP) is 2.64. The van der Waals surface area contributed by atoms with E-state index in [1.54, 1.807) is 18.7 Å². The first-order valence-corrected chi connectivity index (χ1v) is 5.63. The van der Waals surface area contributed by atoms with E-state index in [1.807, 2.05) is 12.1 Å². The molecule has 87 valence electrons. The van der Waals surface area contributed by atoms with E-state index in [0.717, 1.165) is 22.5 Å². The van der Waals surface area contributed by atoms with Gasteiger partial charge in [0.15, 0.2) is 6.33 Å². The minimum absolute atomic E-state index is 0.856. The van der Waals surface area contributed by atoms with Gasteiger partial charge in [0.2, 0.25) is 0 Å². The second kappa shape index (κ2) is 4.41. The molecule has 0 spiro atoms. The Bertz CT molecular complexity index is 642. The Morgan fingerprint density at radius 2 is 1.94 bits per heavy atom. The summed E-state index contributed by atoms with van der Waals surface area (Å²) in [7, 11) is 0. The molecule has 0 aliphatic carbocycles. The van der Waals surface area contributed by atoms with Crippen LogP contribution in [0.4, 0.5) is 0 Å². The van der Waals surface area contributed by atoms with Gasteiger partial charge in [-0.05, 0) is 6.92 Å². The Balaban J connectivity index is 2.15.